The molecule has 32 heavy (non-hydrogen) atoms. The molecule has 0 radical (unpaired) electrons. The van der Waals surface area contributed by atoms with Crippen molar-refractivity contribution in [3.8, 4) is 5.75 Å². The summed E-state index contributed by atoms with van der Waals surface area (Å²) in [6.07, 6.45) is 3.71. The van der Waals surface area contributed by atoms with Crippen LogP contribution in [0.3, 0.4) is 0 Å². The fraction of sp³-hybridized carbons (Fsp3) is 0.321. The number of rotatable bonds is 12. The van der Waals surface area contributed by atoms with Crippen molar-refractivity contribution in [2.75, 3.05) is 13.1 Å². The lowest BCUT2D eigenvalue weighted by Gasteiger charge is -2.18. The molecule has 168 valence electrons. The van der Waals surface area contributed by atoms with Gasteiger partial charge in [-0.05, 0) is 67.6 Å². The third-order valence-corrected chi connectivity index (χ3v) is 5.51. The van der Waals surface area contributed by atoms with Crippen molar-refractivity contribution in [3.63, 3.8) is 0 Å². The molecule has 1 N–H and O–H groups in total. The van der Waals surface area contributed by atoms with E-state index in [-0.39, 0.29) is 5.75 Å². The van der Waals surface area contributed by atoms with Crippen molar-refractivity contribution in [1.82, 2.24) is 5.32 Å². The Bertz CT molecular complexity index is 920. The number of halogens is 1. The first-order chi connectivity index (χ1) is 15.7. The lowest BCUT2D eigenvalue weighted by molar-refractivity contribution is -0.134. The maximum Gasteiger partial charge on any atom is 0.311 e. The standard InChI is InChI=1S/C28H32FNO2/c1-2-10-28(31)32-27-21-22(16-17-26(27)29)11-9-19-30-20-18-25(23-12-5-3-6-13-23)24-14-7-4-8-15-24/h3-8,12-17,21,25,30H,2,9-11,18-20H2,1H3. The maximum absolute atomic E-state index is 13.9. The predicted octanol–water partition coefficient (Wildman–Crippen LogP) is 6.28. The highest BCUT2D eigenvalue weighted by atomic mass is 19.1. The van der Waals surface area contributed by atoms with Gasteiger partial charge < -0.3 is 10.1 Å². The van der Waals surface area contributed by atoms with Crippen LogP contribution in [0.4, 0.5) is 4.39 Å². The summed E-state index contributed by atoms with van der Waals surface area (Å²) in [6, 6.07) is 26.0. The van der Waals surface area contributed by atoms with Gasteiger partial charge in [0.05, 0.1) is 0 Å². The molecule has 3 nitrogen and oxygen atoms in total. The Balaban J connectivity index is 1.46. The predicted molar refractivity (Wildman–Crippen MR) is 127 cm³/mol. The topological polar surface area (TPSA) is 38.3 Å². The summed E-state index contributed by atoms with van der Waals surface area (Å²) in [5, 5.41) is 3.54. The van der Waals surface area contributed by atoms with Gasteiger partial charge in [-0.3, -0.25) is 4.79 Å². The van der Waals surface area contributed by atoms with Crippen LogP contribution < -0.4 is 10.1 Å². The monoisotopic (exact) mass is 433 g/mol. The first kappa shape index (κ1) is 23.7. The lowest BCUT2D eigenvalue weighted by Crippen LogP contribution is -2.20. The molecule has 4 heteroatoms. The maximum atomic E-state index is 13.9. The van der Waals surface area contributed by atoms with Gasteiger partial charge in [0.15, 0.2) is 11.6 Å². The largest absolute Gasteiger partial charge is 0.423 e. The Labute approximate surface area is 190 Å². The van der Waals surface area contributed by atoms with Gasteiger partial charge in [0.1, 0.15) is 0 Å². The van der Waals surface area contributed by atoms with Crippen LogP contribution >= 0.6 is 0 Å². The normalized spacial score (nSPS) is 11.0. The van der Waals surface area contributed by atoms with Crippen molar-refractivity contribution in [3.05, 3.63) is 101 Å². The van der Waals surface area contributed by atoms with Crippen LogP contribution in [0, 0.1) is 5.82 Å². The third kappa shape index (κ3) is 7.31. The van der Waals surface area contributed by atoms with Crippen molar-refractivity contribution in [1.29, 1.82) is 0 Å². The Morgan fingerprint density at radius 2 is 1.59 bits per heavy atom. The number of nitrogens with one attached hydrogen (secondary N) is 1. The molecule has 0 spiro atoms. The van der Waals surface area contributed by atoms with E-state index in [0.717, 1.165) is 37.9 Å². The van der Waals surface area contributed by atoms with Crippen LogP contribution in [0.1, 0.15) is 55.2 Å². The van der Waals surface area contributed by atoms with Gasteiger partial charge in [-0.15, -0.1) is 0 Å². The average Bonchev–Trinajstić information content (AvgIpc) is 2.82. The smallest absolute Gasteiger partial charge is 0.311 e. The number of hydrogen-bond donors (Lipinski definition) is 1. The summed E-state index contributed by atoms with van der Waals surface area (Å²) >= 11 is 0. The van der Waals surface area contributed by atoms with Gasteiger partial charge in [-0.1, -0.05) is 73.7 Å². The highest BCUT2D eigenvalue weighted by molar-refractivity contribution is 5.72. The van der Waals surface area contributed by atoms with E-state index in [1.54, 1.807) is 12.1 Å². The first-order valence-electron chi connectivity index (χ1n) is 11.5. The molecule has 0 aliphatic rings. The second kappa shape index (κ2) is 12.8. The zero-order valence-corrected chi connectivity index (χ0v) is 18.7. The van der Waals surface area contributed by atoms with E-state index in [9.17, 15) is 9.18 Å². The Morgan fingerprint density at radius 3 is 2.22 bits per heavy atom. The molecule has 3 aromatic rings. The van der Waals surface area contributed by atoms with E-state index in [2.05, 4.69) is 66.0 Å². The van der Waals surface area contributed by atoms with Crippen LogP contribution in [0.15, 0.2) is 78.9 Å². The number of benzene rings is 3. The molecule has 0 atom stereocenters. The van der Waals surface area contributed by atoms with Crippen molar-refractivity contribution in [2.45, 2.75) is 44.9 Å². The van der Waals surface area contributed by atoms with E-state index in [0.29, 0.717) is 18.8 Å². The number of carbonyl (C=O) groups excluding carboxylic acids is 1. The van der Waals surface area contributed by atoms with Crippen LogP contribution in [-0.2, 0) is 11.2 Å². The minimum absolute atomic E-state index is 0.0301. The van der Waals surface area contributed by atoms with Gasteiger partial charge in [-0.2, -0.15) is 0 Å². The number of ether oxygens (including phenoxy) is 1. The summed E-state index contributed by atoms with van der Waals surface area (Å²) in [5.41, 5.74) is 3.63. The van der Waals surface area contributed by atoms with E-state index >= 15 is 0 Å². The zero-order valence-electron chi connectivity index (χ0n) is 18.7. The number of hydrogen-bond acceptors (Lipinski definition) is 3. The summed E-state index contributed by atoms with van der Waals surface area (Å²) in [5.74, 6) is -0.495. The SMILES string of the molecule is CCCC(=O)Oc1cc(CCCNCCC(c2ccccc2)c2ccccc2)ccc1F. The molecule has 0 aliphatic carbocycles. The molecule has 0 unspecified atom stereocenters. The summed E-state index contributed by atoms with van der Waals surface area (Å²) < 4.78 is 19.1. The van der Waals surface area contributed by atoms with Gasteiger partial charge >= 0.3 is 5.97 Å². The number of esters is 1. The van der Waals surface area contributed by atoms with Crippen molar-refractivity contribution in [2.24, 2.45) is 0 Å². The molecule has 3 rings (SSSR count). The zero-order chi connectivity index (χ0) is 22.6. The minimum Gasteiger partial charge on any atom is -0.423 e. The van der Waals surface area contributed by atoms with Crippen LogP contribution in [0.25, 0.3) is 0 Å². The van der Waals surface area contributed by atoms with E-state index in [4.69, 9.17) is 4.74 Å². The van der Waals surface area contributed by atoms with Crippen molar-refractivity contribution < 1.29 is 13.9 Å². The van der Waals surface area contributed by atoms with Gasteiger partial charge in [-0.25, -0.2) is 4.39 Å². The second-order valence-corrected chi connectivity index (χ2v) is 8.01. The second-order valence-electron chi connectivity index (χ2n) is 8.01. The van der Waals surface area contributed by atoms with Crippen LogP contribution in [-0.4, -0.2) is 19.1 Å². The molecule has 0 aliphatic heterocycles. The molecular weight excluding hydrogens is 401 g/mol. The highest BCUT2D eigenvalue weighted by Crippen LogP contribution is 2.27. The summed E-state index contributed by atoms with van der Waals surface area (Å²) in [4.78, 5) is 11.7. The number of carbonyl (C=O) groups is 1. The third-order valence-electron chi connectivity index (χ3n) is 5.51. The van der Waals surface area contributed by atoms with Crippen LogP contribution in [0.5, 0.6) is 5.75 Å². The molecule has 0 saturated heterocycles. The minimum atomic E-state index is -0.496. The summed E-state index contributed by atoms with van der Waals surface area (Å²) in [6.45, 7) is 3.68. The van der Waals surface area contributed by atoms with Gasteiger partial charge in [0.2, 0.25) is 0 Å². The Morgan fingerprint density at radius 1 is 0.938 bits per heavy atom. The van der Waals surface area contributed by atoms with Gasteiger partial charge in [0, 0.05) is 12.3 Å². The Hall–Kier alpha value is -2.98. The molecule has 0 aromatic heterocycles. The van der Waals surface area contributed by atoms with Crippen LogP contribution in [0.2, 0.25) is 0 Å². The van der Waals surface area contributed by atoms with E-state index < -0.39 is 11.8 Å². The molecule has 0 saturated carbocycles. The quantitative estimate of drug-likeness (QED) is 0.208. The first-order valence-corrected chi connectivity index (χ1v) is 11.5. The molecule has 0 bridgehead atoms. The van der Waals surface area contributed by atoms with Gasteiger partial charge in [0.25, 0.3) is 0 Å². The average molecular weight is 434 g/mol. The molecule has 0 heterocycles. The molecule has 3 aromatic carbocycles. The van der Waals surface area contributed by atoms with E-state index in [1.807, 2.05) is 6.92 Å². The molecule has 0 amide bonds. The Kier molecular flexibility index (Phi) is 9.45. The molecule has 0 fully saturated rings. The number of aryl methyl sites for hydroxylation is 1. The molecular formula is C28H32FNO2. The van der Waals surface area contributed by atoms with Crippen molar-refractivity contribution >= 4 is 5.97 Å². The van der Waals surface area contributed by atoms with E-state index in [1.165, 1.54) is 17.2 Å². The highest BCUT2D eigenvalue weighted by Gasteiger charge is 2.13. The lowest BCUT2D eigenvalue weighted by atomic mass is 9.88. The fourth-order valence-electron chi connectivity index (χ4n) is 3.84. The summed E-state index contributed by atoms with van der Waals surface area (Å²) in [7, 11) is 0. The fourth-order valence-corrected chi connectivity index (χ4v) is 3.84.